The number of allylic oxidation sites excluding steroid dienone is 1. The molecule has 0 spiro atoms. The van der Waals surface area contributed by atoms with E-state index in [4.69, 9.17) is 0 Å². The summed E-state index contributed by atoms with van der Waals surface area (Å²) in [6, 6.07) is 4.00. The van der Waals surface area contributed by atoms with E-state index in [1.54, 1.807) is 6.92 Å². The Balaban J connectivity index is 3.35. The summed E-state index contributed by atoms with van der Waals surface area (Å²) in [7, 11) is 0. The van der Waals surface area contributed by atoms with E-state index in [0.29, 0.717) is 5.92 Å². The van der Waals surface area contributed by atoms with Crippen LogP contribution in [-0.4, -0.2) is 4.92 Å². The number of nitro benzene ring substituents is 1. The molecule has 0 unspecified atom stereocenters. The van der Waals surface area contributed by atoms with Crippen LogP contribution in [0.25, 0.3) is 0 Å². The van der Waals surface area contributed by atoms with E-state index >= 15 is 0 Å². The van der Waals surface area contributed by atoms with Crippen LogP contribution in [0.2, 0.25) is 0 Å². The molecule has 0 atom stereocenters. The standard InChI is InChI=1S/C10H9FNO2/c1-3-7(2)8-5-4-6-9(11)10(8)12(13)14/h3-6H,1H2,2H3. The third kappa shape index (κ3) is 1.79. The molecule has 0 saturated heterocycles. The third-order valence-electron chi connectivity index (χ3n) is 1.90. The van der Waals surface area contributed by atoms with E-state index in [-0.39, 0.29) is 5.56 Å². The SMILES string of the molecule is C=C[C](C)c1cccc(F)c1[N+](=O)[O-]. The number of benzene rings is 1. The Labute approximate surface area is 81.0 Å². The smallest absolute Gasteiger partial charge is 0.258 e. The lowest BCUT2D eigenvalue weighted by Crippen LogP contribution is -2.00. The average molecular weight is 194 g/mol. The number of hydrogen-bond acceptors (Lipinski definition) is 2. The molecule has 0 fully saturated rings. The van der Waals surface area contributed by atoms with E-state index in [0.717, 1.165) is 6.07 Å². The summed E-state index contributed by atoms with van der Waals surface area (Å²) in [5, 5.41) is 10.6. The first-order valence-corrected chi connectivity index (χ1v) is 3.97. The zero-order chi connectivity index (χ0) is 10.7. The summed E-state index contributed by atoms with van der Waals surface area (Å²) in [4.78, 5) is 9.86. The van der Waals surface area contributed by atoms with Gasteiger partial charge in [0.25, 0.3) is 0 Å². The van der Waals surface area contributed by atoms with Crippen molar-refractivity contribution in [2.45, 2.75) is 6.92 Å². The predicted octanol–water partition coefficient (Wildman–Crippen LogP) is 2.86. The first-order chi connectivity index (χ1) is 6.57. The molecule has 0 heterocycles. The van der Waals surface area contributed by atoms with E-state index in [2.05, 4.69) is 6.58 Å². The number of para-hydroxylation sites is 1. The molecular formula is C10H9FNO2. The number of nitrogens with zero attached hydrogens (tertiary/aromatic N) is 1. The van der Waals surface area contributed by atoms with E-state index in [1.807, 2.05) is 0 Å². The van der Waals surface area contributed by atoms with Gasteiger partial charge in [-0.15, -0.1) is 6.58 Å². The van der Waals surface area contributed by atoms with Gasteiger partial charge in [0.05, 0.1) is 4.92 Å². The van der Waals surface area contributed by atoms with E-state index < -0.39 is 16.4 Å². The van der Waals surface area contributed by atoms with Crippen molar-refractivity contribution in [2.24, 2.45) is 0 Å². The van der Waals surface area contributed by atoms with Crippen molar-refractivity contribution in [2.75, 3.05) is 0 Å². The van der Waals surface area contributed by atoms with Crippen LogP contribution in [-0.2, 0) is 0 Å². The molecule has 0 aromatic heterocycles. The summed E-state index contributed by atoms with van der Waals surface area (Å²) in [5.74, 6) is -0.245. The molecule has 73 valence electrons. The monoisotopic (exact) mass is 194 g/mol. The van der Waals surface area contributed by atoms with Crippen LogP contribution in [0.4, 0.5) is 10.1 Å². The van der Waals surface area contributed by atoms with Gasteiger partial charge in [-0.1, -0.05) is 25.1 Å². The lowest BCUT2D eigenvalue weighted by atomic mass is 9.99. The third-order valence-corrected chi connectivity index (χ3v) is 1.90. The highest BCUT2D eigenvalue weighted by molar-refractivity contribution is 5.51. The highest BCUT2D eigenvalue weighted by Gasteiger charge is 2.22. The fourth-order valence-electron chi connectivity index (χ4n) is 1.13. The van der Waals surface area contributed by atoms with Gasteiger partial charge >= 0.3 is 5.69 Å². The van der Waals surface area contributed by atoms with Crippen LogP contribution in [0, 0.1) is 21.8 Å². The Bertz CT molecular complexity index is 376. The first-order valence-electron chi connectivity index (χ1n) is 3.97. The van der Waals surface area contributed by atoms with Gasteiger partial charge in [-0.05, 0) is 6.07 Å². The number of rotatable bonds is 3. The van der Waals surface area contributed by atoms with Gasteiger partial charge in [0.2, 0.25) is 5.82 Å². The minimum atomic E-state index is -0.825. The lowest BCUT2D eigenvalue weighted by molar-refractivity contribution is -0.388. The minimum Gasteiger partial charge on any atom is -0.258 e. The molecule has 0 amide bonds. The highest BCUT2D eigenvalue weighted by Crippen LogP contribution is 2.28. The zero-order valence-corrected chi connectivity index (χ0v) is 7.66. The number of halogens is 1. The molecular weight excluding hydrogens is 185 g/mol. The molecule has 1 radical (unpaired) electrons. The maximum atomic E-state index is 13.1. The molecule has 0 bridgehead atoms. The maximum absolute atomic E-state index is 13.1. The summed E-state index contributed by atoms with van der Waals surface area (Å²) in [6.07, 6.45) is 1.46. The van der Waals surface area contributed by atoms with Crippen molar-refractivity contribution < 1.29 is 9.31 Å². The molecule has 0 saturated carbocycles. The summed E-state index contributed by atoms with van der Waals surface area (Å²) in [5.41, 5.74) is -0.227. The summed E-state index contributed by atoms with van der Waals surface area (Å²) in [6.45, 7) is 5.13. The van der Waals surface area contributed by atoms with E-state index in [9.17, 15) is 14.5 Å². The summed E-state index contributed by atoms with van der Waals surface area (Å²) < 4.78 is 13.1. The second-order valence-corrected chi connectivity index (χ2v) is 2.78. The maximum Gasteiger partial charge on any atom is 0.308 e. The van der Waals surface area contributed by atoms with Crippen LogP contribution in [0.5, 0.6) is 0 Å². The molecule has 0 aliphatic heterocycles. The molecule has 1 aromatic carbocycles. The van der Waals surface area contributed by atoms with Crippen LogP contribution in [0.3, 0.4) is 0 Å². The van der Waals surface area contributed by atoms with Crippen LogP contribution in [0.1, 0.15) is 12.5 Å². The van der Waals surface area contributed by atoms with Gasteiger partial charge in [0, 0.05) is 11.5 Å². The Kier molecular flexibility index (Phi) is 2.96. The van der Waals surface area contributed by atoms with Gasteiger partial charge in [0.15, 0.2) is 0 Å². The number of nitro groups is 1. The quantitative estimate of drug-likeness (QED) is 0.548. The molecule has 3 nitrogen and oxygen atoms in total. The summed E-state index contributed by atoms with van der Waals surface area (Å²) >= 11 is 0. The van der Waals surface area contributed by atoms with Gasteiger partial charge in [-0.25, -0.2) is 0 Å². The molecule has 4 heteroatoms. The van der Waals surface area contributed by atoms with Crippen molar-refractivity contribution in [1.29, 1.82) is 0 Å². The Morgan fingerprint density at radius 3 is 2.79 bits per heavy atom. The van der Waals surface area contributed by atoms with Crippen LogP contribution in [0.15, 0.2) is 30.9 Å². The Morgan fingerprint density at radius 2 is 2.29 bits per heavy atom. The molecule has 0 N–H and O–H groups in total. The van der Waals surface area contributed by atoms with Crippen molar-refractivity contribution >= 4 is 5.69 Å². The number of hydrogen-bond donors (Lipinski definition) is 0. The zero-order valence-electron chi connectivity index (χ0n) is 7.66. The van der Waals surface area contributed by atoms with Crippen molar-refractivity contribution in [3.63, 3.8) is 0 Å². The van der Waals surface area contributed by atoms with Gasteiger partial charge in [0.1, 0.15) is 0 Å². The van der Waals surface area contributed by atoms with Crippen molar-refractivity contribution in [3.05, 3.63) is 58.3 Å². The van der Waals surface area contributed by atoms with E-state index in [1.165, 1.54) is 18.2 Å². The first kappa shape index (κ1) is 10.4. The lowest BCUT2D eigenvalue weighted by Gasteiger charge is -2.06. The average Bonchev–Trinajstić information content (AvgIpc) is 2.15. The van der Waals surface area contributed by atoms with Gasteiger partial charge in [-0.3, -0.25) is 10.1 Å². The molecule has 0 aliphatic carbocycles. The Hall–Kier alpha value is -1.71. The second-order valence-electron chi connectivity index (χ2n) is 2.78. The van der Waals surface area contributed by atoms with Gasteiger partial charge < -0.3 is 0 Å². The minimum absolute atomic E-state index is 0.269. The van der Waals surface area contributed by atoms with Gasteiger partial charge in [-0.2, -0.15) is 4.39 Å². The van der Waals surface area contributed by atoms with Crippen LogP contribution < -0.4 is 0 Å². The highest BCUT2D eigenvalue weighted by atomic mass is 19.1. The molecule has 1 aromatic rings. The predicted molar refractivity (Wildman–Crippen MR) is 51.3 cm³/mol. The van der Waals surface area contributed by atoms with Crippen LogP contribution >= 0.6 is 0 Å². The molecule has 14 heavy (non-hydrogen) atoms. The molecule has 0 aliphatic rings. The topological polar surface area (TPSA) is 43.1 Å². The Morgan fingerprint density at radius 1 is 1.64 bits per heavy atom. The van der Waals surface area contributed by atoms with Crippen molar-refractivity contribution in [1.82, 2.24) is 0 Å². The largest absolute Gasteiger partial charge is 0.308 e. The molecule has 1 rings (SSSR count). The normalized spacial score (nSPS) is 10.2. The fourth-order valence-corrected chi connectivity index (χ4v) is 1.13. The second kappa shape index (κ2) is 4.00. The fraction of sp³-hybridized carbons (Fsp3) is 0.100. The van der Waals surface area contributed by atoms with Crippen molar-refractivity contribution in [3.8, 4) is 0 Å².